The number of hydrogen-bond acceptors (Lipinski definition) is 4. The highest BCUT2D eigenvalue weighted by Crippen LogP contribution is 2.25. The van der Waals surface area contributed by atoms with E-state index in [1.807, 2.05) is 56.3 Å². The van der Waals surface area contributed by atoms with Crippen molar-refractivity contribution >= 4 is 27.5 Å². The lowest BCUT2D eigenvalue weighted by Crippen LogP contribution is -2.54. The molecule has 3 aromatic carbocycles. The number of carbonyl (C=O) groups excluding carboxylic acids is 2. The average Bonchev–Trinajstić information content (AvgIpc) is 2.99. The van der Waals surface area contributed by atoms with Crippen LogP contribution in [-0.2, 0) is 26.0 Å². The molecule has 4 rings (SSSR count). The van der Waals surface area contributed by atoms with E-state index < -0.39 is 28.5 Å². The number of rotatable bonds is 12. The van der Waals surface area contributed by atoms with Crippen molar-refractivity contribution in [2.75, 3.05) is 17.4 Å². The van der Waals surface area contributed by atoms with Crippen LogP contribution in [0, 0.1) is 6.92 Å². The molecule has 0 radical (unpaired) electrons. The van der Waals surface area contributed by atoms with Crippen LogP contribution in [0.1, 0.15) is 56.6 Å². The largest absolute Gasteiger partial charge is 0.352 e. The lowest BCUT2D eigenvalue weighted by molar-refractivity contribution is -0.140. The summed E-state index contributed by atoms with van der Waals surface area (Å²) in [5.74, 6) is -0.583. The zero-order valence-corrected chi connectivity index (χ0v) is 24.9. The Labute approximate surface area is 244 Å². The topological polar surface area (TPSA) is 86.8 Å². The molecule has 1 saturated carbocycles. The van der Waals surface area contributed by atoms with Gasteiger partial charge in [0.1, 0.15) is 12.6 Å². The summed E-state index contributed by atoms with van der Waals surface area (Å²) >= 11 is 0. The SMILES string of the molecule is CC[C@H](C(=O)NC1CCCCC1)N(CCc1ccccc1)C(=O)CN(c1ccc(C)cc1)S(=O)(=O)c1ccccc1. The number of nitrogens with zero attached hydrogens (tertiary/aromatic N) is 2. The second-order valence-corrected chi connectivity index (χ2v) is 12.6. The molecule has 2 amide bonds. The van der Waals surface area contributed by atoms with Crippen LogP contribution in [0.15, 0.2) is 89.8 Å². The Morgan fingerprint density at radius 2 is 1.49 bits per heavy atom. The number of hydrogen-bond donors (Lipinski definition) is 1. The highest BCUT2D eigenvalue weighted by molar-refractivity contribution is 7.92. The fourth-order valence-electron chi connectivity index (χ4n) is 5.40. The second-order valence-electron chi connectivity index (χ2n) is 10.8. The fraction of sp³-hybridized carbons (Fsp3) is 0.394. The molecule has 1 aliphatic carbocycles. The van der Waals surface area contributed by atoms with Gasteiger partial charge in [0.2, 0.25) is 11.8 Å². The molecule has 1 N–H and O–H groups in total. The summed E-state index contributed by atoms with van der Waals surface area (Å²) in [5, 5.41) is 3.19. The minimum absolute atomic E-state index is 0.103. The van der Waals surface area contributed by atoms with Gasteiger partial charge in [-0.15, -0.1) is 0 Å². The highest BCUT2D eigenvalue weighted by Gasteiger charge is 2.34. The highest BCUT2D eigenvalue weighted by atomic mass is 32.2. The van der Waals surface area contributed by atoms with Crippen molar-refractivity contribution in [1.82, 2.24) is 10.2 Å². The van der Waals surface area contributed by atoms with E-state index in [2.05, 4.69) is 5.32 Å². The van der Waals surface area contributed by atoms with E-state index in [4.69, 9.17) is 0 Å². The van der Waals surface area contributed by atoms with Crippen LogP contribution in [0.2, 0.25) is 0 Å². The van der Waals surface area contributed by atoms with Gasteiger partial charge in [-0.2, -0.15) is 0 Å². The molecular weight excluding hydrogens is 534 g/mol. The van der Waals surface area contributed by atoms with E-state index in [9.17, 15) is 18.0 Å². The van der Waals surface area contributed by atoms with Gasteiger partial charge in [0.15, 0.2) is 0 Å². The molecule has 0 unspecified atom stereocenters. The van der Waals surface area contributed by atoms with Gasteiger partial charge in [0.25, 0.3) is 10.0 Å². The number of aryl methyl sites for hydroxylation is 1. The summed E-state index contributed by atoms with van der Waals surface area (Å²) in [6.45, 7) is 3.70. The van der Waals surface area contributed by atoms with Gasteiger partial charge in [-0.1, -0.05) is 92.4 Å². The molecule has 1 atom stereocenters. The van der Waals surface area contributed by atoms with E-state index >= 15 is 0 Å². The molecule has 0 aromatic heterocycles. The van der Waals surface area contributed by atoms with Crippen molar-refractivity contribution in [1.29, 1.82) is 0 Å². The molecule has 0 aliphatic heterocycles. The zero-order valence-electron chi connectivity index (χ0n) is 24.0. The van der Waals surface area contributed by atoms with E-state index in [-0.39, 0.29) is 16.8 Å². The first kappa shape index (κ1) is 30.3. The smallest absolute Gasteiger partial charge is 0.264 e. The number of amides is 2. The predicted octanol–water partition coefficient (Wildman–Crippen LogP) is 5.49. The third kappa shape index (κ3) is 7.97. The van der Waals surface area contributed by atoms with Crippen LogP contribution in [0.4, 0.5) is 5.69 Å². The molecule has 7 nitrogen and oxygen atoms in total. The first-order chi connectivity index (χ1) is 19.8. The van der Waals surface area contributed by atoms with Crippen LogP contribution in [0.5, 0.6) is 0 Å². The van der Waals surface area contributed by atoms with Crippen LogP contribution in [0.25, 0.3) is 0 Å². The quantitative estimate of drug-likeness (QED) is 0.310. The molecule has 0 bridgehead atoms. The van der Waals surface area contributed by atoms with E-state index in [0.717, 1.165) is 41.1 Å². The molecule has 41 heavy (non-hydrogen) atoms. The fourth-order valence-corrected chi connectivity index (χ4v) is 6.83. The summed E-state index contributed by atoms with van der Waals surface area (Å²) < 4.78 is 28.9. The molecule has 0 spiro atoms. The van der Waals surface area contributed by atoms with Gasteiger partial charge in [-0.25, -0.2) is 8.42 Å². The van der Waals surface area contributed by atoms with Gasteiger partial charge < -0.3 is 10.2 Å². The van der Waals surface area contributed by atoms with Crippen molar-refractivity contribution < 1.29 is 18.0 Å². The van der Waals surface area contributed by atoms with Crippen LogP contribution >= 0.6 is 0 Å². The normalized spacial score (nSPS) is 14.7. The Morgan fingerprint density at radius 3 is 2.10 bits per heavy atom. The maximum atomic E-state index is 14.1. The molecule has 1 fully saturated rings. The van der Waals surface area contributed by atoms with Gasteiger partial charge in [0, 0.05) is 12.6 Å². The molecular formula is C33H41N3O4S. The standard InChI is InChI=1S/C33H41N3O4S/c1-3-31(33(38)34-28-15-9-5-10-16-28)35(24-23-27-13-7-4-8-14-27)32(37)25-36(29-21-19-26(2)20-22-29)41(39,40)30-17-11-6-12-18-30/h4,6-8,11-14,17-22,28,31H,3,5,9-10,15-16,23-25H2,1-2H3,(H,34,38)/t31-/m1/s1. The van der Waals surface area contributed by atoms with Gasteiger partial charge in [-0.05, 0) is 62.4 Å². The molecule has 1 aliphatic rings. The molecule has 0 saturated heterocycles. The Balaban J connectivity index is 1.65. The summed E-state index contributed by atoms with van der Waals surface area (Å²) in [6, 6.07) is 24.4. The minimum atomic E-state index is -4.05. The van der Waals surface area contributed by atoms with E-state index in [1.165, 1.54) is 18.6 Å². The molecule has 8 heteroatoms. The maximum Gasteiger partial charge on any atom is 0.264 e. The molecule has 218 valence electrons. The number of sulfonamides is 1. The van der Waals surface area contributed by atoms with Gasteiger partial charge >= 0.3 is 0 Å². The summed E-state index contributed by atoms with van der Waals surface area (Å²) in [4.78, 5) is 29.4. The van der Waals surface area contributed by atoms with Gasteiger partial charge in [-0.3, -0.25) is 13.9 Å². The third-order valence-electron chi connectivity index (χ3n) is 7.75. The van der Waals surface area contributed by atoms with Crippen molar-refractivity contribution in [3.8, 4) is 0 Å². The Hall–Kier alpha value is -3.65. The minimum Gasteiger partial charge on any atom is -0.352 e. The third-order valence-corrected chi connectivity index (χ3v) is 9.54. The zero-order chi connectivity index (χ0) is 29.2. The summed E-state index contributed by atoms with van der Waals surface area (Å²) in [7, 11) is -4.05. The lowest BCUT2D eigenvalue weighted by Gasteiger charge is -2.34. The lowest BCUT2D eigenvalue weighted by atomic mass is 9.95. The van der Waals surface area contributed by atoms with E-state index in [0.29, 0.717) is 25.1 Å². The first-order valence-corrected chi connectivity index (χ1v) is 16.0. The van der Waals surface area contributed by atoms with Crippen molar-refractivity contribution in [3.05, 3.63) is 96.1 Å². The summed E-state index contributed by atoms with van der Waals surface area (Å²) in [6.07, 6.45) is 6.20. The monoisotopic (exact) mass is 575 g/mol. The van der Waals surface area contributed by atoms with Crippen LogP contribution in [0.3, 0.4) is 0 Å². The Morgan fingerprint density at radius 1 is 0.878 bits per heavy atom. The van der Waals surface area contributed by atoms with Crippen molar-refractivity contribution in [2.24, 2.45) is 0 Å². The van der Waals surface area contributed by atoms with Crippen molar-refractivity contribution in [2.45, 2.75) is 75.8 Å². The molecule has 0 heterocycles. The number of carbonyl (C=O) groups is 2. The number of nitrogens with one attached hydrogen (secondary N) is 1. The number of anilines is 1. The summed E-state index contributed by atoms with van der Waals surface area (Å²) in [5.41, 5.74) is 2.42. The van der Waals surface area contributed by atoms with E-state index in [1.54, 1.807) is 35.2 Å². The average molecular weight is 576 g/mol. The molecule has 3 aromatic rings. The Kier molecular flexibility index (Phi) is 10.6. The first-order valence-electron chi connectivity index (χ1n) is 14.6. The van der Waals surface area contributed by atoms with Crippen LogP contribution < -0.4 is 9.62 Å². The predicted molar refractivity (Wildman–Crippen MR) is 163 cm³/mol. The maximum absolute atomic E-state index is 14.1. The second kappa shape index (κ2) is 14.3. The Bertz CT molecular complexity index is 1370. The van der Waals surface area contributed by atoms with Crippen molar-refractivity contribution in [3.63, 3.8) is 0 Å². The van der Waals surface area contributed by atoms with Crippen LogP contribution in [-0.4, -0.2) is 50.3 Å². The number of benzene rings is 3. The van der Waals surface area contributed by atoms with Gasteiger partial charge in [0.05, 0.1) is 10.6 Å².